The van der Waals surface area contributed by atoms with E-state index in [1.54, 1.807) is 24.3 Å². The molecule has 1 aromatic heterocycles. The van der Waals surface area contributed by atoms with Gasteiger partial charge in [-0.2, -0.15) is 0 Å². The summed E-state index contributed by atoms with van der Waals surface area (Å²) in [5.74, 6) is -1.03. The fourth-order valence-electron chi connectivity index (χ4n) is 4.33. The normalized spacial score (nSPS) is 14.2. The molecule has 3 amide bonds. The highest BCUT2D eigenvalue weighted by atomic mass is 19.1. The van der Waals surface area contributed by atoms with Gasteiger partial charge in [-0.25, -0.2) is 13.9 Å². The van der Waals surface area contributed by atoms with E-state index in [9.17, 15) is 28.9 Å². The molecule has 0 aliphatic carbocycles. The Bertz CT molecular complexity index is 1690. The monoisotopic (exact) mass is 527 g/mol. The second-order valence-corrected chi connectivity index (χ2v) is 9.04. The number of nitrogens with zero attached hydrogens (tertiary/aromatic N) is 3. The van der Waals surface area contributed by atoms with Crippen LogP contribution in [0.25, 0.3) is 11.8 Å². The number of urea groups is 1. The number of carbonyl (C=O) groups is 2. The second kappa shape index (κ2) is 10.2. The first-order chi connectivity index (χ1) is 18.7. The number of non-ortho nitro benzene ring substituents is 1. The zero-order valence-corrected chi connectivity index (χ0v) is 20.7. The van der Waals surface area contributed by atoms with Crippen LogP contribution >= 0.6 is 0 Å². The van der Waals surface area contributed by atoms with Crippen LogP contribution in [0, 0.1) is 22.9 Å². The number of aromatic nitrogens is 2. The number of benzene rings is 3. The number of aryl methyl sites for hydroxylation is 1. The smallest absolute Gasteiger partial charge is 0.303 e. The molecule has 196 valence electrons. The van der Waals surface area contributed by atoms with Gasteiger partial charge in [0, 0.05) is 24.2 Å². The van der Waals surface area contributed by atoms with Gasteiger partial charge in [-0.1, -0.05) is 42.5 Å². The van der Waals surface area contributed by atoms with Crippen molar-refractivity contribution in [2.45, 2.75) is 19.9 Å². The molecule has 0 bridgehead atoms. The SMILES string of the molecule is Cc1ccccc1-n1[nH]c(Cc2ccc(F)cc2)c(/C=C2\NC(=O)N(Cc3ccc([N+](=O)[O-])cc3)C2=O)c1=O. The van der Waals surface area contributed by atoms with Gasteiger partial charge in [0.15, 0.2) is 0 Å². The highest BCUT2D eigenvalue weighted by Crippen LogP contribution is 2.21. The molecule has 5 rings (SSSR count). The highest BCUT2D eigenvalue weighted by molar-refractivity contribution is 6.13. The van der Waals surface area contributed by atoms with Crippen molar-refractivity contribution in [3.63, 3.8) is 0 Å². The predicted octanol–water partition coefficient (Wildman–Crippen LogP) is 4.21. The molecular weight excluding hydrogens is 505 g/mol. The van der Waals surface area contributed by atoms with E-state index in [2.05, 4.69) is 10.4 Å². The molecule has 11 heteroatoms. The first-order valence-electron chi connectivity index (χ1n) is 11.9. The van der Waals surface area contributed by atoms with Gasteiger partial charge in [-0.05, 0) is 47.9 Å². The van der Waals surface area contributed by atoms with E-state index in [4.69, 9.17) is 0 Å². The summed E-state index contributed by atoms with van der Waals surface area (Å²) in [7, 11) is 0. The third-order valence-electron chi connectivity index (χ3n) is 6.39. The van der Waals surface area contributed by atoms with Crippen molar-refractivity contribution in [2.75, 3.05) is 0 Å². The number of rotatable bonds is 7. The lowest BCUT2D eigenvalue weighted by atomic mass is 10.1. The third-order valence-corrected chi connectivity index (χ3v) is 6.39. The van der Waals surface area contributed by atoms with Crippen LogP contribution in [0.2, 0.25) is 0 Å². The fraction of sp³-hybridized carbons (Fsp3) is 0.107. The number of aromatic amines is 1. The van der Waals surface area contributed by atoms with Crippen molar-refractivity contribution in [1.29, 1.82) is 0 Å². The molecule has 2 N–H and O–H groups in total. The molecule has 10 nitrogen and oxygen atoms in total. The molecule has 3 aromatic carbocycles. The van der Waals surface area contributed by atoms with Crippen LogP contribution in [0.5, 0.6) is 0 Å². The van der Waals surface area contributed by atoms with Gasteiger partial charge < -0.3 is 5.32 Å². The molecule has 0 unspecified atom stereocenters. The van der Waals surface area contributed by atoms with Crippen molar-refractivity contribution >= 4 is 23.7 Å². The number of imide groups is 1. The van der Waals surface area contributed by atoms with Crippen molar-refractivity contribution in [3.05, 3.63) is 133 Å². The number of H-pyrrole nitrogens is 1. The fourth-order valence-corrected chi connectivity index (χ4v) is 4.33. The minimum absolute atomic E-state index is 0.0877. The number of nitro groups is 1. The molecule has 1 aliphatic rings. The minimum Gasteiger partial charge on any atom is -0.303 e. The van der Waals surface area contributed by atoms with Crippen LogP contribution in [0.4, 0.5) is 14.9 Å². The number of nitrogens with one attached hydrogen (secondary N) is 2. The summed E-state index contributed by atoms with van der Waals surface area (Å²) >= 11 is 0. The topological polar surface area (TPSA) is 130 Å². The van der Waals surface area contributed by atoms with Crippen molar-refractivity contribution in [3.8, 4) is 5.69 Å². The molecule has 0 spiro atoms. The number of amides is 3. The molecule has 1 saturated heterocycles. The maximum atomic E-state index is 13.6. The lowest BCUT2D eigenvalue weighted by Gasteiger charge is -2.11. The van der Waals surface area contributed by atoms with Gasteiger partial charge in [0.05, 0.1) is 22.7 Å². The first kappa shape index (κ1) is 25.3. The number of halogens is 1. The van der Waals surface area contributed by atoms with E-state index >= 15 is 0 Å². The summed E-state index contributed by atoms with van der Waals surface area (Å²) in [4.78, 5) is 50.7. The van der Waals surface area contributed by atoms with E-state index in [0.717, 1.165) is 16.0 Å². The van der Waals surface area contributed by atoms with Gasteiger partial charge in [0.2, 0.25) is 0 Å². The number of hydrogen-bond donors (Lipinski definition) is 2. The van der Waals surface area contributed by atoms with Crippen LogP contribution < -0.4 is 10.9 Å². The Labute approximate surface area is 221 Å². The largest absolute Gasteiger partial charge is 0.329 e. The lowest BCUT2D eigenvalue weighted by Crippen LogP contribution is -2.30. The number of nitro benzene ring substituents is 1. The summed E-state index contributed by atoms with van der Waals surface area (Å²) < 4.78 is 14.8. The summed E-state index contributed by atoms with van der Waals surface area (Å²) in [6, 6.07) is 18.0. The van der Waals surface area contributed by atoms with Crippen molar-refractivity contribution in [1.82, 2.24) is 20.0 Å². The van der Waals surface area contributed by atoms with E-state index in [-0.39, 0.29) is 35.7 Å². The quantitative estimate of drug-likeness (QED) is 0.161. The van der Waals surface area contributed by atoms with Gasteiger partial charge in [0.1, 0.15) is 11.5 Å². The summed E-state index contributed by atoms with van der Waals surface area (Å²) in [5, 5.41) is 16.5. The molecule has 0 saturated carbocycles. The van der Waals surface area contributed by atoms with Crippen LogP contribution in [-0.4, -0.2) is 31.5 Å². The van der Waals surface area contributed by atoms with E-state index in [1.807, 2.05) is 19.1 Å². The molecule has 0 radical (unpaired) electrons. The van der Waals surface area contributed by atoms with Crippen molar-refractivity contribution < 1.29 is 18.9 Å². The molecule has 1 fully saturated rings. The van der Waals surface area contributed by atoms with E-state index in [0.29, 0.717) is 16.9 Å². The average molecular weight is 528 g/mol. The van der Waals surface area contributed by atoms with Crippen molar-refractivity contribution in [2.24, 2.45) is 0 Å². The Kier molecular flexibility index (Phi) is 6.63. The maximum absolute atomic E-state index is 13.6. The van der Waals surface area contributed by atoms with E-state index in [1.165, 1.54) is 47.2 Å². The zero-order chi connectivity index (χ0) is 27.7. The molecule has 2 heterocycles. The minimum atomic E-state index is -0.681. The number of para-hydroxylation sites is 1. The van der Waals surface area contributed by atoms with Gasteiger partial charge in [-0.15, -0.1) is 0 Å². The Morgan fingerprint density at radius 3 is 2.28 bits per heavy atom. The van der Waals surface area contributed by atoms with Gasteiger partial charge >= 0.3 is 6.03 Å². The van der Waals surface area contributed by atoms with Crippen LogP contribution in [0.15, 0.2) is 83.3 Å². The highest BCUT2D eigenvalue weighted by Gasteiger charge is 2.34. The maximum Gasteiger partial charge on any atom is 0.329 e. The Balaban J connectivity index is 1.51. The lowest BCUT2D eigenvalue weighted by molar-refractivity contribution is -0.384. The molecule has 39 heavy (non-hydrogen) atoms. The summed E-state index contributed by atoms with van der Waals surface area (Å²) in [6.45, 7) is 1.75. The van der Waals surface area contributed by atoms with Crippen LogP contribution in [0.1, 0.15) is 27.9 Å². The number of hydrogen-bond acceptors (Lipinski definition) is 5. The number of carbonyl (C=O) groups excluding carboxylic acids is 2. The van der Waals surface area contributed by atoms with Gasteiger partial charge in [0.25, 0.3) is 17.2 Å². The Morgan fingerprint density at radius 2 is 1.62 bits per heavy atom. The summed E-state index contributed by atoms with van der Waals surface area (Å²) in [5.41, 5.74) is 2.73. The van der Waals surface area contributed by atoms with Gasteiger partial charge in [-0.3, -0.25) is 29.7 Å². The van der Waals surface area contributed by atoms with Crippen LogP contribution in [0.3, 0.4) is 0 Å². The predicted molar refractivity (Wildman–Crippen MR) is 140 cm³/mol. The molecule has 1 aliphatic heterocycles. The van der Waals surface area contributed by atoms with E-state index < -0.39 is 22.4 Å². The molecule has 0 atom stereocenters. The average Bonchev–Trinajstić information content (AvgIpc) is 3.36. The Morgan fingerprint density at radius 1 is 0.949 bits per heavy atom. The van der Waals surface area contributed by atoms with Crippen LogP contribution in [-0.2, 0) is 17.8 Å². The third kappa shape index (κ3) is 5.10. The molecule has 4 aromatic rings. The Hall–Kier alpha value is -5.32. The first-order valence-corrected chi connectivity index (χ1v) is 11.9. The standard InChI is InChI=1S/C28H22FN5O5/c1-17-4-2-3-5-25(17)33-26(35)22(23(31-33)14-18-6-10-20(29)11-7-18)15-24-27(36)32(28(37)30-24)16-19-8-12-21(13-9-19)34(38)39/h2-13,15,31H,14,16H2,1H3,(H,30,37)/b24-15-. The second-order valence-electron chi connectivity index (χ2n) is 9.04. The summed E-state index contributed by atoms with van der Waals surface area (Å²) in [6.07, 6.45) is 1.57. The molecular formula is C28H22FN5O5. The zero-order valence-electron chi connectivity index (χ0n) is 20.7.